The van der Waals surface area contributed by atoms with Crippen LogP contribution in [0.1, 0.15) is 44.4 Å². The van der Waals surface area contributed by atoms with E-state index in [2.05, 4.69) is 11.9 Å². The second-order valence-corrected chi connectivity index (χ2v) is 9.55. The number of carbonyl (C=O) groups is 1. The van der Waals surface area contributed by atoms with Crippen molar-refractivity contribution >= 4 is 35.0 Å². The molecule has 0 fully saturated rings. The molecule has 2 aromatic carbocycles. The van der Waals surface area contributed by atoms with Gasteiger partial charge in [-0.05, 0) is 62.2 Å². The van der Waals surface area contributed by atoms with E-state index in [1.807, 2.05) is 30.3 Å². The van der Waals surface area contributed by atoms with Crippen LogP contribution in [0.5, 0.6) is 11.5 Å². The summed E-state index contributed by atoms with van der Waals surface area (Å²) in [5, 5.41) is 0.455. The molecule has 1 atom stereocenters. The number of methoxy groups -OCH3 is 1. The molecule has 0 aliphatic carbocycles. The van der Waals surface area contributed by atoms with Crippen LogP contribution in [-0.2, 0) is 9.53 Å². The van der Waals surface area contributed by atoms with Crippen LogP contribution in [0.2, 0.25) is 5.02 Å². The van der Waals surface area contributed by atoms with Gasteiger partial charge in [0, 0.05) is 10.6 Å². The van der Waals surface area contributed by atoms with Crippen LogP contribution >= 0.6 is 22.9 Å². The molecule has 36 heavy (non-hydrogen) atoms. The third kappa shape index (κ3) is 5.10. The number of rotatable bonds is 8. The fourth-order valence-corrected chi connectivity index (χ4v) is 5.26. The van der Waals surface area contributed by atoms with Crippen molar-refractivity contribution < 1.29 is 19.0 Å². The molecule has 7 nitrogen and oxygen atoms in total. The quantitative estimate of drug-likeness (QED) is 0.410. The first kappa shape index (κ1) is 25.7. The largest absolute Gasteiger partial charge is 0.496 e. The Kier molecular flexibility index (Phi) is 7.96. The van der Waals surface area contributed by atoms with Gasteiger partial charge >= 0.3 is 5.97 Å². The molecule has 0 N–H and O–H groups in total. The van der Waals surface area contributed by atoms with Gasteiger partial charge in [0.2, 0.25) is 0 Å². The van der Waals surface area contributed by atoms with Crippen molar-refractivity contribution in [2.75, 3.05) is 20.3 Å². The molecule has 0 radical (unpaired) electrons. The Morgan fingerprint density at radius 3 is 2.61 bits per heavy atom. The van der Waals surface area contributed by atoms with E-state index in [1.54, 1.807) is 32.0 Å². The highest BCUT2D eigenvalue weighted by Crippen LogP contribution is 2.37. The summed E-state index contributed by atoms with van der Waals surface area (Å²) in [5.41, 5.74) is 1.90. The van der Waals surface area contributed by atoms with Gasteiger partial charge in [0.25, 0.3) is 5.56 Å². The van der Waals surface area contributed by atoms with Gasteiger partial charge in [0.05, 0.1) is 36.1 Å². The number of carbonyl (C=O) groups excluding carboxylic acids is 1. The van der Waals surface area contributed by atoms with Crippen LogP contribution in [0, 0.1) is 0 Å². The van der Waals surface area contributed by atoms with Gasteiger partial charge in [-0.25, -0.2) is 9.79 Å². The molecular weight excluding hydrogens is 500 g/mol. The van der Waals surface area contributed by atoms with Crippen molar-refractivity contribution in [1.29, 1.82) is 0 Å². The van der Waals surface area contributed by atoms with Gasteiger partial charge < -0.3 is 14.2 Å². The summed E-state index contributed by atoms with van der Waals surface area (Å²) in [6.07, 6.45) is 2.73. The van der Waals surface area contributed by atoms with Gasteiger partial charge in [-0.3, -0.25) is 9.36 Å². The van der Waals surface area contributed by atoms with E-state index in [0.717, 1.165) is 17.7 Å². The van der Waals surface area contributed by atoms with E-state index in [4.69, 9.17) is 25.8 Å². The summed E-state index contributed by atoms with van der Waals surface area (Å²) in [6.45, 7) is 6.36. The lowest BCUT2D eigenvalue weighted by atomic mass is 9.95. The van der Waals surface area contributed by atoms with Crippen LogP contribution in [0.25, 0.3) is 6.08 Å². The van der Waals surface area contributed by atoms with Crippen LogP contribution < -0.4 is 24.4 Å². The van der Waals surface area contributed by atoms with Crippen molar-refractivity contribution in [3.63, 3.8) is 0 Å². The smallest absolute Gasteiger partial charge is 0.338 e. The van der Waals surface area contributed by atoms with Gasteiger partial charge in [-0.1, -0.05) is 42.0 Å². The minimum absolute atomic E-state index is 0.192. The summed E-state index contributed by atoms with van der Waals surface area (Å²) >= 11 is 7.59. The predicted octanol–water partition coefficient (Wildman–Crippen LogP) is 4.25. The molecule has 1 aromatic heterocycles. The molecule has 188 valence electrons. The fourth-order valence-electron chi connectivity index (χ4n) is 4.04. The minimum Gasteiger partial charge on any atom is -0.496 e. The van der Waals surface area contributed by atoms with Gasteiger partial charge in [0.15, 0.2) is 4.80 Å². The standard InChI is InChI=1S/C27H27ClN2O5S/c1-5-13-35-19-10-7-17(8-11-19)14-22-25(31)30-24(20-15-18(28)9-12-21(20)33-4)23(26(32)34-6-2)16(3)29-27(30)36-22/h7-12,14-15,24H,5-6,13H2,1-4H3/b22-14+/t24-/m0/s1. The number of halogens is 1. The number of esters is 1. The van der Waals surface area contributed by atoms with Crippen LogP contribution in [0.4, 0.5) is 0 Å². The number of nitrogens with zero attached hydrogens (tertiary/aromatic N) is 2. The minimum atomic E-state index is -0.805. The Labute approximate surface area is 217 Å². The van der Waals surface area contributed by atoms with Crippen molar-refractivity contribution in [3.05, 3.63) is 89.6 Å². The lowest BCUT2D eigenvalue weighted by molar-refractivity contribution is -0.139. The van der Waals surface area contributed by atoms with E-state index in [1.165, 1.54) is 23.0 Å². The first-order chi connectivity index (χ1) is 17.4. The third-order valence-electron chi connectivity index (χ3n) is 5.65. The summed E-state index contributed by atoms with van der Waals surface area (Å²) in [5.74, 6) is 0.735. The number of aromatic nitrogens is 1. The maximum atomic E-state index is 13.7. The van der Waals surface area contributed by atoms with E-state index < -0.39 is 12.0 Å². The first-order valence-corrected chi connectivity index (χ1v) is 12.8. The molecule has 4 rings (SSSR count). The van der Waals surface area contributed by atoms with E-state index in [0.29, 0.717) is 38.0 Å². The third-order valence-corrected chi connectivity index (χ3v) is 6.87. The number of fused-ring (bicyclic) bond motifs is 1. The lowest BCUT2D eigenvalue weighted by Crippen LogP contribution is -2.40. The predicted molar refractivity (Wildman–Crippen MR) is 141 cm³/mol. The number of benzene rings is 2. The first-order valence-electron chi connectivity index (χ1n) is 11.6. The van der Waals surface area contributed by atoms with E-state index in [-0.39, 0.29) is 17.7 Å². The van der Waals surface area contributed by atoms with Crippen LogP contribution in [0.3, 0.4) is 0 Å². The maximum absolute atomic E-state index is 13.7. The summed E-state index contributed by atoms with van der Waals surface area (Å²) in [7, 11) is 1.53. The molecule has 0 saturated heterocycles. The number of ether oxygens (including phenoxy) is 3. The highest BCUT2D eigenvalue weighted by Gasteiger charge is 2.35. The number of thiazole rings is 1. The van der Waals surface area contributed by atoms with E-state index in [9.17, 15) is 9.59 Å². The van der Waals surface area contributed by atoms with Crippen molar-refractivity contribution in [2.24, 2.45) is 4.99 Å². The molecule has 0 spiro atoms. The van der Waals surface area contributed by atoms with Gasteiger partial charge in [-0.2, -0.15) is 0 Å². The molecular formula is C27H27ClN2O5S. The molecule has 1 aliphatic heterocycles. The van der Waals surface area contributed by atoms with Crippen LogP contribution in [-0.4, -0.2) is 30.9 Å². The second-order valence-electron chi connectivity index (χ2n) is 8.11. The zero-order valence-corrected chi connectivity index (χ0v) is 22.1. The Balaban J connectivity index is 1.90. The van der Waals surface area contributed by atoms with Gasteiger partial charge in [0.1, 0.15) is 17.5 Å². The van der Waals surface area contributed by atoms with Crippen molar-refractivity contribution in [3.8, 4) is 11.5 Å². The molecule has 2 heterocycles. The Bertz CT molecular complexity index is 1490. The zero-order valence-electron chi connectivity index (χ0n) is 20.5. The maximum Gasteiger partial charge on any atom is 0.338 e. The van der Waals surface area contributed by atoms with Crippen molar-refractivity contribution in [1.82, 2.24) is 4.57 Å². The monoisotopic (exact) mass is 526 g/mol. The van der Waals surface area contributed by atoms with Crippen molar-refractivity contribution in [2.45, 2.75) is 33.2 Å². The number of hydrogen-bond donors (Lipinski definition) is 0. The molecule has 0 amide bonds. The lowest BCUT2D eigenvalue weighted by Gasteiger charge is -2.26. The average molecular weight is 527 g/mol. The molecule has 0 bridgehead atoms. The second kappa shape index (κ2) is 11.1. The van der Waals surface area contributed by atoms with E-state index >= 15 is 0 Å². The van der Waals surface area contributed by atoms with Crippen LogP contribution in [0.15, 0.2) is 63.5 Å². The number of allylic oxidation sites excluding steroid dienone is 1. The zero-order chi connectivity index (χ0) is 25.8. The normalized spacial score (nSPS) is 15.4. The Hall–Kier alpha value is -3.36. The van der Waals surface area contributed by atoms with Gasteiger partial charge in [-0.15, -0.1) is 0 Å². The number of hydrogen-bond acceptors (Lipinski definition) is 7. The molecule has 1 aliphatic rings. The average Bonchev–Trinajstić information content (AvgIpc) is 3.17. The molecule has 0 saturated carbocycles. The highest BCUT2D eigenvalue weighted by atomic mass is 35.5. The Morgan fingerprint density at radius 1 is 1.19 bits per heavy atom. The highest BCUT2D eigenvalue weighted by molar-refractivity contribution is 7.07. The molecule has 0 unspecified atom stereocenters. The molecule has 3 aromatic rings. The fraction of sp³-hybridized carbons (Fsp3) is 0.296. The molecule has 9 heteroatoms. The Morgan fingerprint density at radius 2 is 1.94 bits per heavy atom. The topological polar surface area (TPSA) is 79.1 Å². The summed E-state index contributed by atoms with van der Waals surface area (Å²) in [4.78, 5) is 31.9. The summed E-state index contributed by atoms with van der Waals surface area (Å²) < 4.78 is 18.6. The summed E-state index contributed by atoms with van der Waals surface area (Å²) in [6, 6.07) is 11.9. The SMILES string of the molecule is CCCOc1ccc(/C=c2/sc3n(c2=O)[C@@H](c2cc(Cl)ccc2OC)C(C(=O)OCC)=C(C)N=3)cc1.